The smallest absolute Gasteiger partial charge is 0.335 e. The maximum atomic E-state index is 11.8. The molecule has 0 bridgehead atoms. The normalized spacial score (nSPS) is 29.8. The lowest BCUT2D eigenvalue weighted by molar-refractivity contribution is -0.267. The van der Waals surface area contributed by atoms with E-state index in [1.165, 1.54) is 14.0 Å². The van der Waals surface area contributed by atoms with Gasteiger partial charge in [-0.2, -0.15) is 0 Å². The van der Waals surface area contributed by atoms with Crippen molar-refractivity contribution in [1.29, 1.82) is 0 Å². The minimum absolute atomic E-state index is 0.0921. The zero-order valence-electron chi connectivity index (χ0n) is 18.0. The Morgan fingerprint density at radius 1 is 1.20 bits per heavy atom. The van der Waals surface area contributed by atoms with Crippen LogP contribution in [0.3, 0.4) is 0 Å². The molecule has 1 amide bonds. The van der Waals surface area contributed by atoms with Crippen LogP contribution in [0.25, 0.3) is 0 Å². The average Bonchev–Trinajstić information content (AvgIpc) is 2.69. The summed E-state index contributed by atoms with van der Waals surface area (Å²) in [7, 11) is 4.65. The van der Waals surface area contributed by atoms with Crippen molar-refractivity contribution in [3.8, 4) is 0 Å². The Morgan fingerprint density at radius 2 is 1.83 bits per heavy atom. The first-order valence-electron chi connectivity index (χ1n) is 9.77. The number of likely N-dealkylation sites (N-methyl/N-ethyl adjacent to an activating group) is 2. The molecule has 8 atom stereocenters. The molecule has 0 aromatic rings. The molecule has 1 heterocycles. The molecular weight excluding hydrogens is 402 g/mol. The number of methoxy groups -OCH3 is 1. The van der Waals surface area contributed by atoms with Crippen LogP contribution in [0, 0.1) is 0 Å². The van der Waals surface area contributed by atoms with Gasteiger partial charge in [0.25, 0.3) is 0 Å². The fourth-order valence-electron chi connectivity index (χ4n) is 3.34. The van der Waals surface area contributed by atoms with E-state index in [2.05, 4.69) is 16.0 Å². The highest BCUT2D eigenvalue weighted by molar-refractivity contribution is 5.73. The Labute approximate surface area is 176 Å². The molecule has 0 radical (unpaired) electrons. The van der Waals surface area contributed by atoms with Gasteiger partial charge >= 0.3 is 5.97 Å². The van der Waals surface area contributed by atoms with Crippen LogP contribution in [0.15, 0.2) is 0 Å². The molecular formula is C18H35N3O9. The minimum Gasteiger partial charge on any atom is -0.479 e. The molecule has 1 aliphatic heterocycles. The van der Waals surface area contributed by atoms with Crippen LogP contribution in [0.2, 0.25) is 0 Å². The lowest BCUT2D eigenvalue weighted by Crippen LogP contribution is -2.65. The maximum absolute atomic E-state index is 11.8. The fourth-order valence-corrected chi connectivity index (χ4v) is 3.34. The third kappa shape index (κ3) is 7.39. The van der Waals surface area contributed by atoms with Crippen LogP contribution >= 0.6 is 0 Å². The van der Waals surface area contributed by atoms with Crippen molar-refractivity contribution in [1.82, 2.24) is 16.0 Å². The lowest BCUT2D eigenvalue weighted by Gasteiger charge is -2.44. The topological polar surface area (TPSA) is 168 Å². The zero-order valence-corrected chi connectivity index (χ0v) is 18.0. The number of hydrogen-bond acceptors (Lipinski definition) is 10. The summed E-state index contributed by atoms with van der Waals surface area (Å²) in [5.41, 5.74) is 0. The van der Waals surface area contributed by atoms with E-state index in [4.69, 9.17) is 18.9 Å². The molecule has 0 saturated carbocycles. The Hall–Kier alpha value is -1.38. The minimum atomic E-state index is -1.36. The third-order valence-electron chi connectivity index (χ3n) is 4.78. The average molecular weight is 437 g/mol. The molecule has 176 valence electrons. The van der Waals surface area contributed by atoms with Gasteiger partial charge in [0.15, 0.2) is 12.4 Å². The number of hydrogen-bond donors (Lipinski definition) is 6. The molecule has 0 aromatic heterocycles. The van der Waals surface area contributed by atoms with Crippen molar-refractivity contribution in [2.45, 2.75) is 62.8 Å². The van der Waals surface area contributed by atoms with E-state index < -0.39 is 61.5 Å². The van der Waals surface area contributed by atoms with Gasteiger partial charge in [-0.15, -0.1) is 0 Å². The number of rotatable bonds is 13. The van der Waals surface area contributed by atoms with Gasteiger partial charge in [0.05, 0.1) is 18.8 Å². The zero-order chi connectivity index (χ0) is 22.8. The first-order valence-corrected chi connectivity index (χ1v) is 9.77. The van der Waals surface area contributed by atoms with Gasteiger partial charge in [-0.25, -0.2) is 4.79 Å². The van der Waals surface area contributed by atoms with Crippen molar-refractivity contribution < 1.29 is 43.9 Å². The number of nitrogens with one attached hydrogen (secondary N) is 3. The monoisotopic (exact) mass is 437 g/mol. The molecule has 0 aliphatic carbocycles. The molecule has 0 aromatic carbocycles. The SMILES string of the molecule is CNCC(OC(C(=O)O)C(CNC)OC)OC1C(O)C(CO)OC(C)C1NC(C)=O. The number of aliphatic hydroxyl groups is 2. The van der Waals surface area contributed by atoms with Crippen molar-refractivity contribution in [3.63, 3.8) is 0 Å². The Balaban J connectivity index is 3.09. The molecule has 12 nitrogen and oxygen atoms in total. The third-order valence-corrected chi connectivity index (χ3v) is 4.78. The Bertz CT molecular complexity index is 539. The molecule has 1 saturated heterocycles. The van der Waals surface area contributed by atoms with E-state index in [1.54, 1.807) is 21.0 Å². The Morgan fingerprint density at radius 3 is 2.30 bits per heavy atom. The molecule has 8 unspecified atom stereocenters. The van der Waals surface area contributed by atoms with Crippen LogP contribution in [0.4, 0.5) is 0 Å². The van der Waals surface area contributed by atoms with Crippen molar-refractivity contribution in [2.24, 2.45) is 0 Å². The highest BCUT2D eigenvalue weighted by Gasteiger charge is 2.46. The number of carboxylic acid groups (broad SMARTS) is 1. The number of carbonyl (C=O) groups excluding carboxylic acids is 1. The van der Waals surface area contributed by atoms with Gasteiger partial charge in [0, 0.05) is 27.1 Å². The summed E-state index contributed by atoms with van der Waals surface area (Å²) in [4.78, 5) is 23.4. The maximum Gasteiger partial charge on any atom is 0.335 e. The van der Waals surface area contributed by atoms with E-state index in [9.17, 15) is 24.9 Å². The number of carbonyl (C=O) groups is 2. The highest BCUT2D eigenvalue weighted by atomic mass is 16.7. The molecule has 6 N–H and O–H groups in total. The van der Waals surface area contributed by atoms with Gasteiger partial charge in [0.2, 0.25) is 5.91 Å². The van der Waals surface area contributed by atoms with E-state index in [0.29, 0.717) is 0 Å². The molecule has 1 fully saturated rings. The highest BCUT2D eigenvalue weighted by Crippen LogP contribution is 2.25. The lowest BCUT2D eigenvalue weighted by atomic mass is 9.93. The molecule has 1 aliphatic rings. The number of ether oxygens (including phenoxy) is 4. The van der Waals surface area contributed by atoms with Gasteiger partial charge in [-0.3, -0.25) is 4.79 Å². The second-order valence-corrected chi connectivity index (χ2v) is 7.09. The van der Waals surface area contributed by atoms with Crippen LogP contribution in [-0.4, -0.2) is 117 Å². The molecule has 1 rings (SSSR count). The first-order chi connectivity index (χ1) is 14.2. The van der Waals surface area contributed by atoms with E-state index >= 15 is 0 Å². The number of aliphatic hydroxyl groups excluding tert-OH is 2. The number of carboxylic acids is 1. The van der Waals surface area contributed by atoms with Gasteiger partial charge < -0.3 is 50.2 Å². The second-order valence-electron chi connectivity index (χ2n) is 7.09. The van der Waals surface area contributed by atoms with E-state index in [-0.39, 0.29) is 19.0 Å². The first kappa shape index (κ1) is 26.7. The Kier molecular flexibility index (Phi) is 11.7. The summed E-state index contributed by atoms with van der Waals surface area (Å²) < 4.78 is 22.4. The van der Waals surface area contributed by atoms with Crippen LogP contribution in [0.5, 0.6) is 0 Å². The quantitative estimate of drug-likeness (QED) is 0.165. The molecule has 30 heavy (non-hydrogen) atoms. The summed E-state index contributed by atoms with van der Waals surface area (Å²) in [6.07, 6.45) is -7.09. The summed E-state index contributed by atoms with van der Waals surface area (Å²) in [6, 6.07) is -0.748. The van der Waals surface area contributed by atoms with Gasteiger partial charge in [-0.05, 0) is 21.0 Å². The summed E-state index contributed by atoms with van der Waals surface area (Å²) >= 11 is 0. The van der Waals surface area contributed by atoms with Gasteiger partial charge in [-0.1, -0.05) is 0 Å². The second kappa shape index (κ2) is 13.1. The molecule has 12 heteroatoms. The van der Waals surface area contributed by atoms with Crippen LogP contribution < -0.4 is 16.0 Å². The predicted octanol–water partition coefficient (Wildman–Crippen LogP) is -2.73. The van der Waals surface area contributed by atoms with Crippen molar-refractivity contribution >= 4 is 11.9 Å². The molecule has 0 spiro atoms. The predicted molar refractivity (Wildman–Crippen MR) is 105 cm³/mol. The van der Waals surface area contributed by atoms with Crippen LogP contribution in [0.1, 0.15) is 13.8 Å². The fraction of sp³-hybridized carbons (Fsp3) is 0.889. The number of aliphatic carboxylic acids is 1. The van der Waals surface area contributed by atoms with Gasteiger partial charge in [0.1, 0.15) is 24.4 Å². The van der Waals surface area contributed by atoms with Crippen molar-refractivity contribution in [3.05, 3.63) is 0 Å². The number of amides is 1. The van der Waals surface area contributed by atoms with Crippen LogP contribution in [-0.2, 0) is 28.5 Å². The van der Waals surface area contributed by atoms with Crippen molar-refractivity contribution in [2.75, 3.05) is 40.9 Å². The summed E-state index contributed by atoms with van der Waals surface area (Å²) in [5, 5.41) is 38.1. The summed E-state index contributed by atoms with van der Waals surface area (Å²) in [5.74, 6) is -1.60. The van der Waals surface area contributed by atoms with E-state index in [1.807, 2.05) is 0 Å². The largest absolute Gasteiger partial charge is 0.479 e. The summed E-state index contributed by atoms with van der Waals surface area (Å²) in [6.45, 7) is 2.85. The standard InChI is InChI=1S/C18H35N3O9/c1-9-14(21-10(2)23)17(15(24)12(8-22)28-9)30-13(7-20-4)29-16(18(25)26)11(27-5)6-19-3/h9,11-17,19-20,22,24H,6-8H2,1-5H3,(H,21,23)(H,25,26). The van der Waals surface area contributed by atoms with E-state index in [0.717, 1.165) is 0 Å².